The summed E-state index contributed by atoms with van der Waals surface area (Å²) in [7, 11) is 4.04. The van der Waals surface area contributed by atoms with Gasteiger partial charge in [-0.05, 0) is 14.1 Å². The zero-order valence-electron chi connectivity index (χ0n) is 7.99. The van der Waals surface area contributed by atoms with Crippen LogP contribution >= 0.6 is 0 Å². The Morgan fingerprint density at radius 1 is 1.54 bits per heavy atom. The Hall–Kier alpha value is -1.36. The van der Waals surface area contributed by atoms with Crippen LogP contribution in [0.1, 0.15) is 0 Å². The molecule has 0 amide bonds. The lowest BCUT2D eigenvalue weighted by Crippen LogP contribution is -2.21. The van der Waals surface area contributed by atoms with Gasteiger partial charge in [-0.25, -0.2) is 9.97 Å². The van der Waals surface area contributed by atoms with E-state index in [2.05, 4.69) is 20.2 Å². The average molecular weight is 181 g/mol. The van der Waals surface area contributed by atoms with Gasteiger partial charge in [0.25, 0.3) is 0 Å². The molecule has 3 N–H and O–H groups in total. The van der Waals surface area contributed by atoms with Gasteiger partial charge in [-0.3, -0.25) is 0 Å². The van der Waals surface area contributed by atoms with Crippen molar-refractivity contribution < 1.29 is 0 Å². The van der Waals surface area contributed by atoms with E-state index in [9.17, 15) is 0 Å². The van der Waals surface area contributed by atoms with Crippen LogP contribution in [0.4, 0.5) is 11.5 Å². The third-order valence-electron chi connectivity index (χ3n) is 1.59. The second-order valence-corrected chi connectivity index (χ2v) is 3.06. The summed E-state index contributed by atoms with van der Waals surface area (Å²) in [6.07, 6.45) is 3.07. The number of nitrogens with one attached hydrogen (secondary N) is 1. The number of nitrogens with two attached hydrogens (primary N) is 1. The van der Waals surface area contributed by atoms with Gasteiger partial charge in [0.15, 0.2) is 5.82 Å². The standard InChI is InChI=1S/C8H15N5/c1-13(2)4-3-11-8-7(9)5-10-6-12-8/h5-6H,3-4,9H2,1-2H3,(H,10,11,12). The summed E-state index contributed by atoms with van der Waals surface area (Å²) < 4.78 is 0. The predicted molar refractivity (Wildman–Crippen MR) is 53.5 cm³/mol. The first kappa shape index (κ1) is 9.73. The summed E-state index contributed by atoms with van der Waals surface area (Å²) in [5, 5.41) is 3.13. The number of hydrogen-bond acceptors (Lipinski definition) is 5. The fourth-order valence-electron chi connectivity index (χ4n) is 0.886. The third-order valence-corrected chi connectivity index (χ3v) is 1.59. The molecule has 0 atom stereocenters. The quantitative estimate of drug-likeness (QED) is 0.686. The molecule has 0 radical (unpaired) electrons. The molecule has 0 aromatic carbocycles. The van der Waals surface area contributed by atoms with Gasteiger partial charge in [-0.1, -0.05) is 0 Å². The smallest absolute Gasteiger partial charge is 0.152 e. The van der Waals surface area contributed by atoms with Gasteiger partial charge in [0, 0.05) is 13.1 Å². The normalized spacial score (nSPS) is 10.4. The molecular weight excluding hydrogens is 166 g/mol. The van der Waals surface area contributed by atoms with E-state index in [1.807, 2.05) is 14.1 Å². The number of hydrogen-bond donors (Lipinski definition) is 2. The molecule has 0 unspecified atom stereocenters. The van der Waals surface area contributed by atoms with E-state index in [-0.39, 0.29) is 0 Å². The van der Waals surface area contributed by atoms with Crippen LogP contribution in [0.25, 0.3) is 0 Å². The van der Waals surface area contributed by atoms with E-state index < -0.39 is 0 Å². The lowest BCUT2D eigenvalue weighted by molar-refractivity contribution is 0.425. The zero-order chi connectivity index (χ0) is 9.68. The van der Waals surface area contributed by atoms with Gasteiger partial charge in [-0.15, -0.1) is 0 Å². The molecular formula is C8H15N5. The number of anilines is 2. The van der Waals surface area contributed by atoms with E-state index in [0.29, 0.717) is 11.5 Å². The summed E-state index contributed by atoms with van der Waals surface area (Å²) >= 11 is 0. The van der Waals surface area contributed by atoms with E-state index in [4.69, 9.17) is 5.73 Å². The van der Waals surface area contributed by atoms with E-state index in [1.165, 1.54) is 6.33 Å². The van der Waals surface area contributed by atoms with Crippen LogP contribution < -0.4 is 11.1 Å². The minimum absolute atomic E-state index is 0.584. The van der Waals surface area contributed by atoms with Gasteiger partial charge < -0.3 is 16.0 Å². The molecule has 1 rings (SSSR count). The van der Waals surface area contributed by atoms with Crippen LogP contribution in [0.2, 0.25) is 0 Å². The summed E-state index contributed by atoms with van der Waals surface area (Å²) in [5.41, 5.74) is 6.22. The van der Waals surface area contributed by atoms with Crippen LogP contribution in [-0.2, 0) is 0 Å². The van der Waals surface area contributed by atoms with Crippen molar-refractivity contribution in [1.82, 2.24) is 14.9 Å². The van der Waals surface area contributed by atoms with E-state index in [1.54, 1.807) is 6.20 Å². The molecule has 13 heavy (non-hydrogen) atoms. The number of nitrogen functional groups attached to an aromatic ring is 1. The Kier molecular flexibility index (Phi) is 3.45. The number of likely N-dealkylation sites (N-methyl/N-ethyl adjacent to an activating group) is 1. The molecule has 1 aromatic rings. The maximum Gasteiger partial charge on any atom is 0.152 e. The second-order valence-electron chi connectivity index (χ2n) is 3.06. The van der Waals surface area contributed by atoms with Crippen molar-refractivity contribution in [2.24, 2.45) is 0 Å². The maximum atomic E-state index is 5.64. The Morgan fingerprint density at radius 3 is 2.92 bits per heavy atom. The first-order chi connectivity index (χ1) is 6.20. The lowest BCUT2D eigenvalue weighted by Gasteiger charge is -2.11. The maximum absolute atomic E-state index is 5.64. The number of nitrogens with zero attached hydrogens (tertiary/aromatic N) is 3. The van der Waals surface area contributed by atoms with E-state index in [0.717, 1.165) is 13.1 Å². The Balaban J connectivity index is 2.41. The molecule has 1 aromatic heterocycles. The fourth-order valence-corrected chi connectivity index (χ4v) is 0.886. The van der Waals surface area contributed by atoms with Gasteiger partial charge >= 0.3 is 0 Å². The highest BCUT2D eigenvalue weighted by Crippen LogP contribution is 2.10. The van der Waals surface area contributed by atoms with Crippen LogP contribution in [0.3, 0.4) is 0 Å². The van der Waals surface area contributed by atoms with Crippen molar-refractivity contribution in [1.29, 1.82) is 0 Å². The Morgan fingerprint density at radius 2 is 2.31 bits per heavy atom. The highest BCUT2D eigenvalue weighted by atomic mass is 15.1. The zero-order valence-corrected chi connectivity index (χ0v) is 7.99. The van der Waals surface area contributed by atoms with Crippen molar-refractivity contribution >= 4 is 11.5 Å². The second kappa shape index (κ2) is 4.61. The van der Waals surface area contributed by atoms with Crippen molar-refractivity contribution in [2.75, 3.05) is 38.2 Å². The first-order valence-corrected chi connectivity index (χ1v) is 4.14. The molecule has 0 saturated carbocycles. The van der Waals surface area contributed by atoms with Gasteiger partial charge in [0.1, 0.15) is 6.33 Å². The predicted octanol–water partition coefficient (Wildman–Crippen LogP) is 0.0323. The van der Waals surface area contributed by atoms with Crippen molar-refractivity contribution in [3.63, 3.8) is 0 Å². The monoisotopic (exact) mass is 181 g/mol. The summed E-state index contributed by atoms with van der Waals surface area (Å²) in [5.74, 6) is 0.705. The molecule has 0 spiro atoms. The molecule has 0 saturated heterocycles. The average Bonchev–Trinajstić information content (AvgIpc) is 2.08. The molecule has 72 valence electrons. The SMILES string of the molecule is CN(C)CCNc1ncncc1N. The summed E-state index contributed by atoms with van der Waals surface area (Å²) in [4.78, 5) is 9.90. The molecule has 5 heteroatoms. The van der Waals surface area contributed by atoms with Crippen LogP contribution in [0, 0.1) is 0 Å². The minimum Gasteiger partial charge on any atom is -0.394 e. The van der Waals surface area contributed by atoms with Gasteiger partial charge in [0.2, 0.25) is 0 Å². The van der Waals surface area contributed by atoms with Crippen molar-refractivity contribution in [3.05, 3.63) is 12.5 Å². The molecule has 0 bridgehead atoms. The van der Waals surface area contributed by atoms with Crippen LogP contribution in [0.15, 0.2) is 12.5 Å². The van der Waals surface area contributed by atoms with E-state index >= 15 is 0 Å². The molecule has 0 aliphatic rings. The third kappa shape index (κ3) is 3.25. The highest BCUT2D eigenvalue weighted by Gasteiger charge is 1.98. The molecule has 5 nitrogen and oxygen atoms in total. The molecule has 0 fully saturated rings. The van der Waals surface area contributed by atoms with Crippen molar-refractivity contribution in [2.45, 2.75) is 0 Å². The molecule has 1 heterocycles. The number of aromatic nitrogens is 2. The van der Waals surface area contributed by atoms with Crippen LogP contribution in [0.5, 0.6) is 0 Å². The highest BCUT2D eigenvalue weighted by molar-refractivity contribution is 5.58. The van der Waals surface area contributed by atoms with Gasteiger partial charge in [0.05, 0.1) is 11.9 Å². The van der Waals surface area contributed by atoms with Crippen LogP contribution in [-0.4, -0.2) is 42.1 Å². The topological polar surface area (TPSA) is 67.1 Å². The largest absolute Gasteiger partial charge is 0.394 e. The van der Waals surface area contributed by atoms with Gasteiger partial charge in [-0.2, -0.15) is 0 Å². The molecule has 0 aliphatic heterocycles. The Bertz CT molecular complexity index is 260. The lowest BCUT2D eigenvalue weighted by atomic mass is 10.4. The van der Waals surface area contributed by atoms with Crippen molar-refractivity contribution in [3.8, 4) is 0 Å². The number of rotatable bonds is 4. The fraction of sp³-hybridized carbons (Fsp3) is 0.500. The molecule has 0 aliphatic carbocycles. The minimum atomic E-state index is 0.584. The Labute approximate surface area is 78.0 Å². The summed E-state index contributed by atoms with van der Waals surface area (Å²) in [6, 6.07) is 0. The summed E-state index contributed by atoms with van der Waals surface area (Å²) in [6.45, 7) is 1.78. The first-order valence-electron chi connectivity index (χ1n) is 4.14.